The van der Waals surface area contributed by atoms with E-state index in [1.165, 1.54) is 6.21 Å². The number of para-hydroxylation sites is 1. The average molecular weight is 391 g/mol. The SMILES string of the molecule is Cc1cc(C)nc(N2C3CCC2CN(C(=O)c2ccccc2NN=CC=N)C3)n1. The standard InChI is InChI=1S/C21H25N7O/c1-14-11-15(2)25-21(24-14)28-16-7-8-17(28)13-27(12-16)20(29)18-5-3-4-6-19(18)26-23-10-9-22/h3-6,9-11,16-17,22,26H,7-8,12-13H2,1-2H3. The van der Waals surface area contributed by atoms with Crippen molar-refractivity contribution >= 4 is 30.0 Å². The molecule has 2 atom stereocenters. The lowest BCUT2D eigenvalue weighted by Crippen LogP contribution is -2.56. The van der Waals surface area contributed by atoms with Gasteiger partial charge in [-0.15, -0.1) is 0 Å². The molecule has 4 rings (SSSR count). The second-order valence-electron chi connectivity index (χ2n) is 7.56. The Bertz CT molecular complexity index is 924. The molecule has 8 heteroatoms. The van der Waals surface area contributed by atoms with Gasteiger partial charge in [-0.25, -0.2) is 9.97 Å². The first-order chi connectivity index (χ1) is 14.1. The van der Waals surface area contributed by atoms with Gasteiger partial charge in [0, 0.05) is 42.8 Å². The second-order valence-corrected chi connectivity index (χ2v) is 7.56. The summed E-state index contributed by atoms with van der Waals surface area (Å²) in [6.45, 7) is 5.29. The molecule has 3 heterocycles. The molecule has 2 aromatic rings. The Morgan fingerprint density at radius 1 is 1.17 bits per heavy atom. The predicted molar refractivity (Wildman–Crippen MR) is 114 cm³/mol. The van der Waals surface area contributed by atoms with Crippen molar-refractivity contribution in [1.82, 2.24) is 14.9 Å². The largest absolute Gasteiger partial charge is 0.334 e. The highest BCUT2D eigenvalue weighted by Crippen LogP contribution is 2.34. The van der Waals surface area contributed by atoms with Gasteiger partial charge in [-0.3, -0.25) is 10.2 Å². The van der Waals surface area contributed by atoms with Crippen molar-refractivity contribution in [3.63, 3.8) is 0 Å². The maximum absolute atomic E-state index is 13.3. The first-order valence-corrected chi connectivity index (χ1v) is 9.84. The zero-order chi connectivity index (χ0) is 20.4. The molecule has 1 amide bonds. The summed E-state index contributed by atoms with van der Waals surface area (Å²) in [4.78, 5) is 26.8. The highest BCUT2D eigenvalue weighted by molar-refractivity contribution is 6.14. The molecule has 0 spiro atoms. The molecular weight excluding hydrogens is 366 g/mol. The van der Waals surface area contributed by atoms with Gasteiger partial charge in [0.25, 0.3) is 5.91 Å². The van der Waals surface area contributed by atoms with Gasteiger partial charge in [-0.1, -0.05) is 12.1 Å². The van der Waals surface area contributed by atoms with Crippen LogP contribution in [-0.4, -0.2) is 58.4 Å². The molecule has 2 unspecified atom stereocenters. The van der Waals surface area contributed by atoms with Crippen LogP contribution < -0.4 is 10.3 Å². The Balaban J connectivity index is 1.54. The predicted octanol–water partition coefficient (Wildman–Crippen LogP) is 2.63. The number of benzene rings is 1. The van der Waals surface area contributed by atoms with E-state index in [4.69, 9.17) is 5.41 Å². The smallest absolute Gasteiger partial charge is 0.256 e. The summed E-state index contributed by atoms with van der Waals surface area (Å²) in [7, 11) is 0. The lowest BCUT2D eigenvalue weighted by molar-refractivity contribution is 0.0718. The van der Waals surface area contributed by atoms with E-state index in [0.29, 0.717) is 24.3 Å². The summed E-state index contributed by atoms with van der Waals surface area (Å²) in [5.41, 5.74) is 6.03. The topological polar surface area (TPSA) is 97.6 Å². The van der Waals surface area contributed by atoms with Crippen LogP contribution in [0.5, 0.6) is 0 Å². The van der Waals surface area contributed by atoms with Crippen LogP contribution in [0.1, 0.15) is 34.6 Å². The van der Waals surface area contributed by atoms with Crippen LogP contribution in [0.15, 0.2) is 35.4 Å². The van der Waals surface area contributed by atoms with Crippen molar-refractivity contribution in [1.29, 1.82) is 5.41 Å². The molecule has 0 aliphatic carbocycles. The lowest BCUT2D eigenvalue weighted by atomic mass is 10.1. The number of aromatic nitrogens is 2. The molecule has 1 aromatic carbocycles. The normalized spacial score (nSPS) is 20.9. The van der Waals surface area contributed by atoms with Gasteiger partial charge in [0.2, 0.25) is 5.95 Å². The van der Waals surface area contributed by atoms with E-state index in [-0.39, 0.29) is 18.0 Å². The van der Waals surface area contributed by atoms with Gasteiger partial charge < -0.3 is 15.2 Å². The number of hydrazone groups is 1. The first kappa shape index (κ1) is 19.0. The molecule has 2 aliphatic rings. The summed E-state index contributed by atoms with van der Waals surface area (Å²) in [5.74, 6) is 0.779. The number of piperazine rings is 1. The summed E-state index contributed by atoms with van der Waals surface area (Å²) < 4.78 is 0. The van der Waals surface area contributed by atoms with Crippen molar-refractivity contribution in [3.8, 4) is 0 Å². The summed E-state index contributed by atoms with van der Waals surface area (Å²) in [5, 5.41) is 11.0. The molecule has 150 valence electrons. The van der Waals surface area contributed by atoms with Crippen LogP contribution >= 0.6 is 0 Å². The number of aryl methyl sites for hydroxylation is 2. The Hall–Kier alpha value is -3.29. The van der Waals surface area contributed by atoms with E-state index < -0.39 is 0 Å². The molecule has 0 radical (unpaired) electrons. The Morgan fingerprint density at radius 2 is 1.83 bits per heavy atom. The number of amides is 1. The molecule has 8 nitrogen and oxygen atoms in total. The monoisotopic (exact) mass is 391 g/mol. The van der Waals surface area contributed by atoms with Gasteiger partial charge >= 0.3 is 0 Å². The number of carbonyl (C=O) groups is 1. The summed E-state index contributed by atoms with van der Waals surface area (Å²) >= 11 is 0. The molecule has 2 N–H and O–H groups in total. The number of hydrogen-bond donors (Lipinski definition) is 2. The van der Waals surface area contributed by atoms with Crippen LogP contribution in [0.25, 0.3) is 0 Å². The van der Waals surface area contributed by atoms with Crippen LogP contribution in [0.3, 0.4) is 0 Å². The lowest BCUT2D eigenvalue weighted by Gasteiger charge is -2.41. The van der Waals surface area contributed by atoms with Crippen LogP contribution in [0.2, 0.25) is 0 Å². The van der Waals surface area contributed by atoms with E-state index in [2.05, 4.69) is 25.4 Å². The maximum Gasteiger partial charge on any atom is 0.256 e. The number of nitrogens with zero attached hydrogens (tertiary/aromatic N) is 5. The molecule has 0 saturated carbocycles. The van der Waals surface area contributed by atoms with E-state index >= 15 is 0 Å². The number of carbonyl (C=O) groups excluding carboxylic acids is 1. The van der Waals surface area contributed by atoms with E-state index in [0.717, 1.165) is 36.4 Å². The van der Waals surface area contributed by atoms with E-state index in [9.17, 15) is 4.79 Å². The molecule has 2 bridgehead atoms. The first-order valence-electron chi connectivity index (χ1n) is 9.84. The molecule has 2 saturated heterocycles. The second kappa shape index (κ2) is 7.98. The number of rotatable bonds is 5. The van der Waals surface area contributed by atoms with Gasteiger partial charge in [-0.2, -0.15) is 5.10 Å². The number of likely N-dealkylation sites (tertiary alicyclic amines) is 1. The highest BCUT2D eigenvalue weighted by Gasteiger charge is 2.43. The molecule has 2 aliphatic heterocycles. The fourth-order valence-electron chi connectivity index (χ4n) is 4.30. The van der Waals surface area contributed by atoms with Crippen LogP contribution in [0.4, 0.5) is 11.6 Å². The van der Waals surface area contributed by atoms with Gasteiger partial charge in [0.05, 0.1) is 17.5 Å². The zero-order valence-corrected chi connectivity index (χ0v) is 16.7. The van der Waals surface area contributed by atoms with Crippen molar-refractivity contribution in [2.75, 3.05) is 23.4 Å². The maximum atomic E-state index is 13.3. The molecule has 1 aromatic heterocycles. The molecule has 29 heavy (non-hydrogen) atoms. The number of nitrogens with one attached hydrogen (secondary N) is 2. The number of hydrogen-bond acceptors (Lipinski definition) is 7. The third kappa shape index (κ3) is 3.83. The number of fused-ring (bicyclic) bond motifs is 2. The quantitative estimate of drug-likeness (QED) is 0.603. The highest BCUT2D eigenvalue weighted by atomic mass is 16.2. The average Bonchev–Trinajstić information content (AvgIpc) is 2.97. The van der Waals surface area contributed by atoms with E-state index in [1.54, 1.807) is 0 Å². The Labute approximate surface area is 170 Å². The Kier molecular flexibility index (Phi) is 5.24. The minimum absolute atomic E-state index is 0.00366. The molecular formula is C21H25N7O. The van der Waals surface area contributed by atoms with Crippen LogP contribution in [-0.2, 0) is 0 Å². The zero-order valence-electron chi connectivity index (χ0n) is 16.7. The van der Waals surface area contributed by atoms with Gasteiger partial charge in [0.15, 0.2) is 0 Å². The Morgan fingerprint density at radius 3 is 2.48 bits per heavy atom. The van der Waals surface area contributed by atoms with Gasteiger partial charge in [-0.05, 0) is 44.9 Å². The fraction of sp³-hybridized carbons (Fsp3) is 0.381. The molecule has 2 fully saturated rings. The third-order valence-electron chi connectivity index (χ3n) is 5.46. The van der Waals surface area contributed by atoms with Crippen molar-refractivity contribution in [3.05, 3.63) is 47.3 Å². The third-order valence-corrected chi connectivity index (χ3v) is 5.46. The van der Waals surface area contributed by atoms with E-state index in [1.807, 2.05) is 49.1 Å². The van der Waals surface area contributed by atoms with Crippen molar-refractivity contribution in [2.24, 2.45) is 5.10 Å². The summed E-state index contributed by atoms with van der Waals surface area (Å²) in [6.07, 6.45) is 4.50. The van der Waals surface area contributed by atoms with Gasteiger partial charge in [0.1, 0.15) is 0 Å². The van der Waals surface area contributed by atoms with Crippen molar-refractivity contribution in [2.45, 2.75) is 38.8 Å². The minimum atomic E-state index is -0.00366. The van der Waals surface area contributed by atoms with Crippen LogP contribution in [0, 0.1) is 19.3 Å². The number of anilines is 2. The summed E-state index contributed by atoms with van der Waals surface area (Å²) in [6, 6.07) is 9.79. The van der Waals surface area contributed by atoms with Crippen molar-refractivity contribution < 1.29 is 4.79 Å². The minimum Gasteiger partial charge on any atom is -0.334 e. The fourth-order valence-corrected chi connectivity index (χ4v) is 4.30.